The standard InChI is InChI=1S/C50H31NOS/c1-2-12-32(13-3-1)38-25-22-34(43-28-33-14-4-5-15-37(33)39-16-6-7-17-40(39)43)29-46(38)51(35-23-26-48-44(30-35)41-18-8-10-20-47(41)52-48)36-24-27-50-45(31-36)42-19-9-11-21-49(42)53-50/h1-31H. The first-order chi connectivity index (χ1) is 26.3. The highest BCUT2D eigenvalue weighted by molar-refractivity contribution is 7.25. The Hall–Kier alpha value is -6.68. The molecule has 0 bridgehead atoms. The number of nitrogens with zero attached hydrogens (tertiary/aromatic N) is 1. The third kappa shape index (κ3) is 4.86. The molecular formula is C50H31NOS. The van der Waals surface area contributed by atoms with Crippen molar-refractivity contribution in [2.45, 2.75) is 0 Å². The average molecular weight is 694 g/mol. The van der Waals surface area contributed by atoms with Crippen LogP contribution in [0.2, 0.25) is 0 Å². The topological polar surface area (TPSA) is 16.4 Å². The van der Waals surface area contributed by atoms with Gasteiger partial charge in [0.25, 0.3) is 0 Å². The van der Waals surface area contributed by atoms with Gasteiger partial charge in [0.05, 0.1) is 5.69 Å². The third-order valence-electron chi connectivity index (χ3n) is 10.6. The Bertz CT molecular complexity index is 3080. The number of hydrogen-bond acceptors (Lipinski definition) is 3. The number of hydrogen-bond donors (Lipinski definition) is 0. The predicted molar refractivity (Wildman–Crippen MR) is 227 cm³/mol. The van der Waals surface area contributed by atoms with Crippen LogP contribution in [0.3, 0.4) is 0 Å². The van der Waals surface area contributed by atoms with E-state index in [2.05, 4.69) is 181 Å². The van der Waals surface area contributed by atoms with Crippen LogP contribution in [0.25, 0.3) is 85.9 Å². The normalized spacial score (nSPS) is 11.8. The molecule has 0 radical (unpaired) electrons. The van der Waals surface area contributed by atoms with Crippen molar-refractivity contribution in [2.24, 2.45) is 0 Å². The van der Waals surface area contributed by atoms with Crippen LogP contribution in [0.5, 0.6) is 0 Å². The van der Waals surface area contributed by atoms with Crippen LogP contribution < -0.4 is 4.90 Å². The van der Waals surface area contributed by atoms with E-state index in [0.717, 1.165) is 44.6 Å². The number of fused-ring (bicyclic) bond motifs is 9. The highest BCUT2D eigenvalue weighted by Gasteiger charge is 2.22. The summed E-state index contributed by atoms with van der Waals surface area (Å²) >= 11 is 1.85. The Kier molecular flexibility index (Phi) is 6.76. The number of rotatable bonds is 5. The van der Waals surface area contributed by atoms with Gasteiger partial charge in [-0.2, -0.15) is 0 Å². The molecule has 0 saturated heterocycles. The lowest BCUT2D eigenvalue weighted by atomic mass is 9.91. The third-order valence-corrected chi connectivity index (χ3v) is 11.8. The molecule has 0 saturated carbocycles. The van der Waals surface area contributed by atoms with E-state index in [4.69, 9.17) is 4.42 Å². The van der Waals surface area contributed by atoms with Crippen LogP contribution in [0.15, 0.2) is 192 Å². The zero-order valence-electron chi connectivity index (χ0n) is 28.7. The maximum absolute atomic E-state index is 6.32. The second-order valence-corrected chi connectivity index (χ2v) is 14.8. The first-order valence-electron chi connectivity index (χ1n) is 18.0. The van der Waals surface area contributed by atoms with Crippen molar-refractivity contribution < 1.29 is 4.42 Å². The van der Waals surface area contributed by atoms with Gasteiger partial charge in [0.15, 0.2) is 0 Å². The Morgan fingerprint density at radius 1 is 0.358 bits per heavy atom. The van der Waals surface area contributed by atoms with Crippen LogP contribution in [0.1, 0.15) is 0 Å². The molecule has 0 atom stereocenters. The van der Waals surface area contributed by atoms with Crippen molar-refractivity contribution in [3.8, 4) is 22.3 Å². The highest BCUT2D eigenvalue weighted by atomic mass is 32.1. The summed E-state index contributed by atoms with van der Waals surface area (Å²) in [6.45, 7) is 0. The van der Waals surface area contributed by atoms with E-state index < -0.39 is 0 Å². The molecule has 0 amide bonds. The monoisotopic (exact) mass is 693 g/mol. The van der Waals surface area contributed by atoms with Crippen LogP contribution >= 0.6 is 11.3 Å². The Morgan fingerprint density at radius 3 is 1.87 bits per heavy atom. The van der Waals surface area contributed by atoms with E-state index in [9.17, 15) is 0 Å². The first kappa shape index (κ1) is 30.0. The SMILES string of the molecule is c1ccc(-c2ccc(-c3cc4ccccc4c4ccccc34)cc2N(c2ccc3oc4ccccc4c3c2)c2ccc3sc4ccccc4c3c2)cc1. The maximum atomic E-state index is 6.32. The molecule has 0 spiro atoms. The molecule has 0 aliphatic heterocycles. The van der Waals surface area contributed by atoms with Gasteiger partial charge in [-0.25, -0.2) is 0 Å². The Morgan fingerprint density at radius 2 is 1.00 bits per heavy atom. The summed E-state index contributed by atoms with van der Waals surface area (Å²) in [6.07, 6.45) is 0. The summed E-state index contributed by atoms with van der Waals surface area (Å²) < 4.78 is 8.90. The molecule has 53 heavy (non-hydrogen) atoms. The molecule has 0 aliphatic rings. The summed E-state index contributed by atoms with van der Waals surface area (Å²) in [6, 6.07) is 68.3. The lowest BCUT2D eigenvalue weighted by Crippen LogP contribution is -2.11. The fourth-order valence-electron chi connectivity index (χ4n) is 8.17. The van der Waals surface area contributed by atoms with Gasteiger partial charge in [-0.15, -0.1) is 11.3 Å². The van der Waals surface area contributed by atoms with Crippen molar-refractivity contribution in [3.05, 3.63) is 188 Å². The van der Waals surface area contributed by atoms with Gasteiger partial charge in [0.2, 0.25) is 0 Å². The minimum atomic E-state index is 0.883. The van der Waals surface area contributed by atoms with E-state index in [1.165, 1.54) is 58.4 Å². The van der Waals surface area contributed by atoms with Crippen molar-refractivity contribution in [1.29, 1.82) is 0 Å². The van der Waals surface area contributed by atoms with E-state index in [0.29, 0.717) is 0 Å². The van der Waals surface area contributed by atoms with Gasteiger partial charge in [0.1, 0.15) is 11.2 Å². The van der Waals surface area contributed by atoms with Crippen molar-refractivity contribution in [1.82, 2.24) is 0 Å². The van der Waals surface area contributed by atoms with Crippen LogP contribution in [0.4, 0.5) is 17.1 Å². The minimum absolute atomic E-state index is 0.883. The highest BCUT2D eigenvalue weighted by Crippen LogP contribution is 2.47. The number of furan rings is 1. The minimum Gasteiger partial charge on any atom is -0.456 e. The van der Waals surface area contributed by atoms with Gasteiger partial charge < -0.3 is 9.32 Å². The molecular weight excluding hydrogens is 663 g/mol. The lowest BCUT2D eigenvalue weighted by Gasteiger charge is -2.29. The fraction of sp³-hybridized carbons (Fsp3) is 0. The first-order valence-corrected chi connectivity index (χ1v) is 18.8. The molecule has 9 aromatic carbocycles. The van der Waals surface area contributed by atoms with E-state index in [-0.39, 0.29) is 0 Å². The average Bonchev–Trinajstić information content (AvgIpc) is 3.79. The fourth-order valence-corrected chi connectivity index (χ4v) is 9.26. The molecule has 2 nitrogen and oxygen atoms in total. The molecule has 248 valence electrons. The largest absolute Gasteiger partial charge is 0.456 e. The molecule has 0 N–H and O–H groups in total. The Labute approximate surface area is 310 Å². The zero-order chi connectivity index (χ0) is 34.9. The molecule has 0 fully saturated rings. The van der Waals surface area contributed by atoms with Gasteiger partial charge in [0, 0.05) is 47.9 Å². The second-order valence-electron chi connectivity index (χ2n) is 13.7. The molecule has 11 aromatic rings. The maximum Gasteiger partial charge on any atom is 0.135 e. The molecule has 3 heteroatoms. The number of thiophene rings is 1. The van der Waals surface area contributed by atoms with Crippen molar-refractivity contribution in [2.75, 3.05) is 4.90 Å². The quantitative estimate of drug-likeness (QED) is 0.167. The van der Waals surface area contributed by atoms with Crippen molar-refractivity contribution >= 4 is 92.1 Å². The predicted octanol–water partition coefficient (Wildman–Crippen LogP) is 15.1. The lowest BCUT2D eigenvalue weighted by molar-refractivity contribution is 0.669. The van der Waals surface area contributed by atoms with Crippen LogP contribution in [-0.2, 0) is 0 Å². The molecule has 0 aliphatic carbocycles. The smallest absolute Gasteiger partial charge is 0.135 e. The van der Waals surface area contributed by atoms with Crippen LogP contribution in [-0.4, -0.2) is 0 Å². The summed E-state index contributed by atoms with van der Waals surface area (Å²) in [5.74, 6) is 0. The van der Waals surface area contributed by atoms with E-state index in [1.807, 2.05) is 23.5 Å². The van der Waals surface area contributed by atoms with Gasteiger partial charge in [-0.1, -0.05) is 127 Å². The molecule has 0 unspecified atom stereocenters. The molecule has 2 aromatic heterocycles. The van der Waals surface area contributed by atoms with Crippen LogP contribution in [0, 0.1) is 0 Å². The summed E-state index contributed by atoms with van der Waals surface area (Å²) in [5.41, 5.74) is 9.77. The number of anilines is 3. The summed E-state index contributed by atoms with van der Waals surface area (Å²) in [7, 11) is 0. The summed E-state index contributed by atoms with van der Waals surface area (Å²) in [5, 5.41) is 9.77. The van der Waals surface area contributed by atoms with Gasteiger partial charge >= 0.3 is 0 Å². The Balaban J connectivity index is 1.22. The van der Waals surface area contributed by atoms with Crippen molar-refractivity contribution in [3.63, 3.8) is 0 Å². The summed E-state index contributed by atoms with van der Waals surface area (Å²) in [4.78, 5) is 2.45. The molecule has 11 rings (SSSR count). The number of para-hydroxylation sites is 1. The molecule has 2 heterocycles. The van der Waals surface area contributed by atoms with E-state index >= 15 is 0 Å². The van der Waals surface area contributed by atoms with E-state index in [1.54, 1.807) is 0 Å². The number of benzene rings is 9. The van der Waals surface area contributed by atoms with Gasteiger partial charge in [-0.05, 0) is 98.9 Å². The second kappa shape index (κ2) is 11.9. The zero-order valence-corrected chi connectivity index (χ0v) is 29.5. The van der Waals surface area contributed by atoms with Gasteiger partial charge in [-0.3, -0.25) is 0 Å².